The molecule has 3 unspecified atom stereocenters. The lowest BCUT2D eigenvalue weighted by molar-refractivity contribution is -0.143. The van der Waals surface area contributed by atoms with E-state index in [2.05, 4.69) is 5.32 Å². The summed E-state index contributed by atoms with van der Waals surface area (Å²) in [6.45, 7) is 0.691. The van der Waals surface area contributed by atoms with Crippen LogP contribution in [0.3, 0.4) is 0 Å². The summed E-state index contributed by atoms with van der Waals surface area (Å²) in [4.78, 5) is 25.7. The molecule has 1 saturated carbocycles. The van der Waals surface area contributed by atoms with Gasteiger partial charge in [0.2, 0.25) is 5.91 Å². The molecule has 0 bridgehead atoms. The molecule has 1 saturated heterocycles. The minimum atomic E-state index is -0.841. The summed E-state index contributed by atoms with van der Waals surface area (Å²) in [5, 5.41) is 12.3. The van der Waals surface area contributed by atoms with Gasteiger partial charge in [-0.15, -0.1) is 0 Å². The molecule has 142 valence electrons. The van der Waals surface area contributed by atoms with Gasteiger partial charge in [-0.2, -0.15) is 0 Å². The lowest BCUT2D eigenvalue weighted by atomic mass is 9.85. The molecule has 2 N–H and O–H groups in total. The van der Waals surface area contributed by atoms with Crippen LogP contribution in [0.25, 0.3) is 0 Å². The van der Waals surface area contributed by atoms with Crippen molar-refractivity contribution in [2.45, 2.75) is 44.2 Å². The van der Waals surface area contributed by atoms with Crippen molar-refractivity contribution in [1.29, 1.82) is 0 Å². The summed E-state index contributed by atoms with van der Waals surface area (Å²) in [6.07, 6.45) is 4.90. The maximum absolute atomic E-state index is 12.8. The zero-order chi connectivity index (χ0) is 18.5. The number of carbonyl (C=O) groups excluding carboxylic acids is 1. The third kappa shape index (κ3) is 4.52. The lowest BCUT2D eigenvalue weighted by Gasteiger charge is -2.32. The molecule has 26 heavy (non-hydrogen) atoms. The molecule has 0 spiro atoms. The highest BCUT2D eigenvalue weighted by Gasteiger charge is 2.45. The van der Waals surface area contributed by atoms with E-state index in [1.165, 1.54) is 24.3 Å². The Morgan fingerprint density at radius 3 is 2.69 bits per heavy atom. The van der Waals surface area contributed by atoms with Crippen molar-refractivity contribution in [1.82, 2.24) is 10.2 Å². The largest absolute Gasteiger partial charge is 0.492 e. The van der Waals surface area contributed by atoms with E-state index in [0.717, 1.165) is 25.7 Å². The van der Waals surface area contributed by atoms with Crippen molar-refractivity contribution in [3.8, 4) is 5.75 Å². The van der Waals surface area contributed by atoms with E-state index in [1.54, 1.807) is 0 Å². The number of rotatable bonds is 7. The van der Waals surface area contributed by atoms with Crippen LogP contribution in [0.15, 0.2) is 24.3 Å². The van der Waals surface area contributed by atoms with Gasteiger partial charge in [0.15, 0.2) is 0 Å². The molecule has 1 aliphatic carbocycles. The molecule has 2 fully saturated rings. The van der Waals surface area contributed by atoms with E-state index in [1.807, 2.05) is 4.90 Å². The average Bonchev–Trinajstić information content (AvgIpc) is 2.99. The second-order valence-electron chi connectivity index (χ2n) is 7.03. The summed E-state index contributed by atoms with van der Waals surface area (Å²) in [7, 11) is 0. The monoisotopic (exact) mass is 364 g/mol. The van der Waals surface area contributed by atoms with Gasteiger partial charge in [0.1, 0.15) is 24.2 Å². The van der Waals surface area contributed by atoms with Crippen molar-refractivity contribution in [3.63, 3.8) is 0 Å². The minimum absolute atomic E-state index is 0.106. The van der Waals surface area contributed by atoms with Crippen LogP contribution < -0.4 is 10.1 Å². The Hall–Kier alpha value is -2.15. The van der Waals surface area contributed by atoms with E-state index >= 15 is 0 Å². The topological polar surface area (TPSA) is 78.9 Å². The number of hydrogen-bond donors (Lipinski definition) is 2. The van der Waals surface area contributed by atoms with Crippen LogP contribution >= 0.6 is 0 Å². The molecular weight excluding hydrogens is 339 g/mol. The average molecular weight is 364 g/mol. The third-order valence-corrected chi connectivity index (χ3v) is 5.34. The summed E-state index contributed by atoms with van der Waals surface area (Å²) in [6, 6.07) is 5.32. The molecule has 1 amide bonds. The van der Waals surface area contributed by atoms with Crippen LogP contribution in [0.4, 0.5) is 4.39 Å². The fourth-order valence-electron chi connectivity index (χ4n) is 4.13. The number of benzene rings is 1. The number of amides is 1. The van der Waals surface area contributed by atoms with Crippen LogP contribution in [-0.4, -0.2) is 53.7 Å². The predicted octanol–water partition coefficient (Wildman–Crippen LogP) is 2.04. The number of nitrogens with one attached hydrogen (secondary N) is 1. The molecular formula is C19H25FN2O4. The molecule has 1 aromatic carbocycles. The predicted molar refractivity (Wildman–Crippen MR) is 93.4 cm³/mol. The zero-order valence-electron chi connectivity index (χ0n) is 14.7. The third-order valence-electron chi connectivity index (χ3n) is 5.34. The van der Waals surface area contributed by atoms with Crippen LogP contribution in [0.2, 0.25) is 0 Å². The van der Waals surface area contributed by atoms with Gasteiger partial charge in [0.25, 0.3) is 0 Å². The Bertz CT molecular complexity index is 637. The van der Waals surface area contributed by atoms with Crippen LogP contribution in [0.5, 0.6) is 5.75 Å². The van der Waals surface area contributed by atoms with E-state index in [4.69, 9.17) is 4.74 Å². The molecule has 3 atom stereocenters. The lowest BCUT2D eigenvalue weighted by Crippen LogP contribution is -2.48. The van der Waals surface area contributed by atoms with Gasteiger partial charge >= 0.3 is 5.97 Å². The van der Waals surface area contributed by atoms with Crippen LogP contribution in [0, 0.1) is 11.7 Å². The number of carbonyl (C=O) groups is 2. The fraction of sp³-hybridized carbons (Fsp3) is 0.579. The standard InChI is InChI=1S/C19H25FN2O4/c20-14-5-7-15(8-6-14)26-10-9-21-18(23)12-22-16-4-2-1-3-13(16)11-17(22)19(24)25/h5-8,13,16-17H,1-4,9-12H2,(H,21,23)(H,24,25). The van der Waals surface area contributed by atoms with Gasteiger partial charge in [-0.25, -0.2) is 4.39 Å². The number of aliphatic carboxylic acids is 1. The van der Waals surface area contributed by atoms with Gasteiger partial charge in [-0.05, 0) is 49.4 Å². The van der Waals surface area contributed by atoms with Crippen molar-refractivity contribution < 1.29 is 23.8 Å². The Morgan fingerprint density at radius 1 is 1.23 bits per heavy atom. The van der Waals surface area contributed by atoms with Crippen LogP contribution in [0.1, 0.15) is 32.1 Å². The Labute approximate surface area is 152 Å². The summed E-state index contributed by atoms with van der Waals surface area (Å²) < 4.78 is 18.3. The van der Waals surface area contributed by atoms with Crippen molar-refractivity contribution >= 4 is 11.9 Å². The van der Waals surface area contributed by atoms with Crippen molar-refractivity contribution in [2.24, 2.45) is 5.92 Å². The minimum Gasteiger partial charge on any atom is -0.492 e. The second kappa shape index (κ2) is 8.49. The summed E-state index contributed by atoms with van der Waals surface area (Å²) in [5.41, 5.74) is 0. The fourth-order valence-corrected chi connectivity index (χ4v) is 4.13. The van der Waals surface area contributed by atoms with E-state index in [0.29, 0.717) is 24.6 Å². The number of hydrogen-bond acceptors (Lipinski definition) is 4. The van der Waals surface area contributed by atoms with Gasteiger partial charge in [-0.1, -0.05) is 12.8 Å². The van der Waals surface area contributed by atoms with Gasteiger partial charge in [0, 0.05) is 6.04 Å². The van der Waals surface area contributed by atoms with Gasteiger partial charge in [0.05, 0.1) is 13.1 Å². The Balaban J connectivity index is 1.45. The number of carboxylic acids is 1. The Kier molecular flexibility index (Phi) is 6.08. The van der Waals surface area contributed by atoms with Gasteiger partial charge < -0.3 is 15.2 Å². The number of likely N-dealkylation sites (tertiary alicyclic amines) is 1. The van der Waals surface area contributed by atoms with E-state index < -0.39 is 12.0 Å². The highest BCUT2D eigenvalue weighted by Crippen LogP contribution is 2.39. The first kappa shape index (κ1) is 18.6. The van der Waals surface area contributed by atoms with Crippen LogP contribution in [-0.2, 0) is 9.59 Å². The molecule has 6 nitrogen and oxygen atoms in total. The SMILES string of the molecule is O=C(CN1C(C(=O)O)CC2CCCCC21)NCCOc1ccc(F)cc1. The first-order valence-electron chi connectivity index (χ1n) is 9.18. The zero-order valence-corrected chi connectivity index (χ0v) is 14.7. The Morgan fingerprint density at radius 2 is 1.96 bits per heavy atom. The second-order valence-corrected chi connectivity index (χ2v) is 7.03. The molecule has 1 aliphatic heterocycles. The maximum Gasteiger partial charge on any atom is 0.320 e. The molecule has 2 aliphatic rings. The molecule has 1 heterocycles. The maximum atomic E-state index is 12.8. The number of fused-ring (bicyclic) bond motifs is 1. The summed E-state index contributed by atoms with van der Waals surface area (Å²) in [5.74, 6) is -0.432. The number of halogens is 1. The van der Waals surface area contributed by atoms with Crippen molar-refractivity contribution in [3.05, 3.63) is 30.1 Å². The summed E-state index contributed by atoms with van der Waals surface area (Å²) >= 11 is 0. The van der Waals surface area contributed by atoms with E-state index in [-0.39, 0.29) is 30.9 Å². The number of ether oxygens (including phenoxy) is 1. The first-order chi connectivity index (χ1) is 12.5. The molecule has 3 rings (SSSR count). The number of nitrogens with zero attached hydrogens (tertiary/aromatic N) is 1. The normalized spacial score (nSPS) is 25.5. The smallest absolute Gasteiger partial charge is 0.320 e. The molecule has 0 aromatic heterocycles. The van der Waals surface area contributed by atoms with Crippen molar-refractivity contribution in [2.75, 3.05) is 19.7 Å². The molecule has 1 aromatic rings. The highest BCUT2D eigenvalue weighted by atomic mass is 19.1. The highest BCUT2D eigenvalue weighted by molar-refractivity contribution is 5.80. The molecule has 7 heteroatoms. The van der Waals surface area contributed by atoms with E-state index in [9.17, 15) is 19.1 Å². The van der Waals surface area contributed by atoms with Gasteiger partial charge in [-0.3, -0.25) is 14.5 Å². The molecule has 0 radical (unpaired) electrons. The first-order valence-corrected chi connectivity index (χ1v) is 9.18. The quantitative estimate of drug-likeness (QED) is 0.724. The number of carboxylic acid groups (broad SMARTS) is 1.